The quantitative estimate of drug-likeness (QED) is 0.496. The summed E-state index contributed by atoms with van der Waals surface area (Å²) in [5.41, 5.74) is 8.71. The van der Waals surface area contributed by atoms with E-state index in [1.54, 1.807) is 6.33 Å². The summed E-state index contributed by atoms with van der Waals surface area (Å²) < 4.78 is 7.68. The molecule has 29 heavy (non-hydrogen) atoms. The molecule has 0 fully saturated rings. The Morgan fingerprint density at radius 3 is 2.86 bits per heavy atom. The molecule has 3 N–H and O–H groups in total. The zero-order chi connectivity index (χ0) is 20.2. The lowest BCUT2D eigenvalue weighted by atomic mass is 10.2. The topological polar surface area (TPSA) is 125 Å². The van der Waals surface area contributed by atoms with E-state index >= 15 is 0 Å². The van der Waals surface area contributed by atoms with Gasteiger partial charge in [0.2, 0.25) is 11.8 Å². The summed E-state index contributed by atoms with van der Waals surface area (Å²) in [6.45, 7) is 2.79. The number of nitrogen functional groups attached to an aromatic ring is 1. The first-order valence-corrected chi connectivity index (χ1v) is 9.31. The summed E-state index contributed by atoms with van der Waals surface area (Å²) in [6, 6.07) is 9.67. The Kier molecular flexibility index (Phi) is 5.19. The van der Waals surface area contributed by atoms with Gasteiger partial charge in [0, 0.05) is 18.5 Å². The Balaban J connectivity index is 1.29. The Bertz CT molecular complexity index is 1130. The average Bonchev–Trinajstić information content (AvgIpc) is 3.32. The molecule has 4 aromatic rings. The van der Waals surface area contributed by atoms with Crippen LogP contribution in [0.3, 0.4) is 0 Å². The predicted octanol–water partition coefficient (Wildman–Crippen LogP) is 2.47. The van der Waals surface area contributed by atoms with Gasteiger partial charge in [0.05, 0.1) is 18.6 Å². The SMILES string of the molecule is Cc1nc(-c2ccccc2)oc1CNC(=O)CCCn1cnc2c(N)ncnc21. The third-order valence-corrected chi connectivity index (χ3v) is 4.59. The lowest BCUT2D eigenvalue weighted by molar-refractivity contribution is -0.121. The number of nitrogens with zero attached hydrogens (tertiary/aromatic N) is 5. The number of carbonyl (C=O) groups is 1. The number of imidazole rings is 1. The summed E-state index contributed by atoms with van der Waals surface area (Å²) >= 11 is 0. The van der Waals surface area contributed by atoms with Crippen LogP contribution in [0.5, 0.6) is 0 Å². The van der Waals surface area contributed by atoms with E-state index in [-0.39, 0.29) is 5.91 Å². The third-order valence-electron chi connectivity index (χ3n) is 4.59. The van der Waals surface area contributed by atoms with E-state index in [9.17, 15) is 4.79 Å². The molecule has 9 nitrogen and oxygen atoms in total. The minimum Gasteiger partial charge on any atom is -0.439 e. The van der Waals surface area contributed by atoms with Crippen molar-refractivity contribution in [3.8, 4) is 11.5 Å². The van der Waals surface area contributed by atoms with Crippen LogP contribution in [0.4, 0.5) is 5.82 Å². The molecular weight excluding hydrogens is 370 g/mol. The fourth-order valence-corrected chi connectivity index (χ4v) is 3.04. The number of hydrogen-bond donors (Lipinski definition) is 2. The van der Waals surface area contributed by atoms with Crippen molar-refractivity contribution in [1.82, 2.24) is 29.8 Å². The van der Waals surface area contributed by atoms with Gasteiger partial charge in [-0.1, -0.05) is 18.2 Å². The molecule has 0 bridgehead atoms. The van der Waals surface area contributed by atoms with Crippen molar-refractivity contribution in [2.75, 3.05) is 5.73 Å². The monoisotopic (exact) mass is 391 g/mol. The number of aryl methyl sites for hydroxylation is 2. The van der Waals surface area contributed by atoms with E-state index in [0.29, 0.717) is 54.6 Å². The van der Waals surface area contributed by atoms with Gasteiger partial charge in [0.25, 0.3) is 0 Å². The first-order chi connectivity index (χ1) is 14.1. The minimum atomic E-state index is -0.0550. The lowest BCUT2D eigenvalue weighted by Gasteiger charge is -2.05. The summed E-state index contributed by atoms with van der Waals surface area (Å²) in [5.74, 6) is 1.51. The van der Waals surface area contributed by atoms with E-state index in [0.717, 1.165) is 11.3 Å². The maximum Gasteiger partial charge on any atom is 0.226 e. The highest BCUT2D eigenvalue weighted by Crippen LogP contribution is 2.21. The van der Waals surface area contributed by atoms with Gasteiger partial charge in [0.1, 0.15) is 17.6 Å². The highest BCUT2D eigenvalue weighted by Gasteiger charge is 2.13. The van der Waals surface area contributed by atoms with Crippen molar-refractivity contribution in [3.63, 3.8) is 0 Å². The number of benzene rings is 1. The molecule has 0 saturated heterocycles. The van der Waals surface area contributed by atoms with Crippen molar-refractivity contribution in [2.45, 2.75) is 32.9 Å². The second-order valence-electron chi connectivity index (χ2n) is 6.64. The maximum atomic E-state index is 12.2. The molecule has 1 amide bonds. The number of nitrogens with one attached hydrogen (secondary N) is 1. The summed E-state index contributed by atoms with van der Waals surface area (Å²) in [7, 11) is 0. The molecule has 9 heteroatoms. The molecule has 0 aliphatic carbocycles. The van der Waals surface area contributed by atoms with Gasteiger partial charge in [-0.05, 0) is 25.5 Å². The van der Waals surface area contributed by atoms with Crippen LogP contribution in [0.15, 0.2) is 47.4 Å². The number of nitrogens with two attached hydrogens (primary N) is 1. The number of oxazole rings is 1. The first kappa shape index (κ1) is 18.6. The minimum absolute atomic E-state index is 0.0550. The summed E-state index contributed by atoms with van der Waals surface area (Å²) in [4.78, 5) is 29.0. The summed E-state index contributed by atoms with van der Waals surface area (Å²) in [6.07, 6.45) is 4.09. The Hall–Kier alpha value is -3.75. The maximum absolute atomic E-state index is 12.2. The average molecular weight is 391 g/mol. The second-order valence-corrected chi connectivity index (χ2v) is 6.64. The standard InChI is InChI=1S/C20H21N7O2/c1-13-15(29-20(26-13)14-6-3-2-4-7-14)10-22-16(28)8-5-9-27-12-25-17-18(21)23-11-24-19(17)27/h2-4,6-7,11-12H,5,8-10H2,1H3,(H,22,28)(H2,21,23,24). The molecule has 4 rings (SSSR count). The van der Waals surface area contributed by atoms with E-state index in [2.05, 4.69) is 25.3 Å². The largest absolute Gasteiger partial charge is 0.439 e. The Labute approximate surface area is 167 Å². The van der Waals surface area contributed by atoms with Gasteiger partial charge in [-0.15, -0.1) is 0 Å². The van der Waals surface area contributed by atoms with Crippen LogP contribution >= 0.6 is 0 Å². The van der Waals surface area contributed by atoms with E-state index in [4.69, 9.17) is 10.2 Å². The van der Waals surface area contributed by atoms with Crippen molar-refractivity contribution in [2.24, 2.45) is 0 Å². The highest BCUT2D eigenvalue weighted by atomic mass is 16.4. The van der Waals surface area contributed by atoms with Crippen LogP contribution in [0.1, 0.15) is 24.3 Å². The van der Waals surface area contributed by atoms with Crippen LogP contribution in [0, 0.1) is 6.92 Å². The molecule has 0 radical (unpaired) electrons. The van der Waals surface area contributed by atoms with Crippen LogP contribution in [-0.2, 0) is 17.9 Å². The Morgan fingerprint density at radius 1 is 1.21 bits per heavy atom. The number of rotatable bonds is 7. The molecule has 0 spiro atoms. The molecule has 148 valence electrons. The first-order valence-electron chi connectivity index (χ1n) is 9.31. The number of carbonyl (C=O) groups excluding carboxylic acids is 1. The molecule has 0 aliphatic rings. The smallest absolute Gasteiger partial charge is 0.226 e. The van der Waals surface area contributed by atoms with Gasteiger partial charge in [-0.2, -0.15) is 0 Å². The lowest BCUT2D eigenvalue weighted by Crippen LogP contribution is -2.22. The van der Waals surface area contributed by atoms with E-state index in [1.165, 1.54) is 6.33 Å². The highest BCUT2D eigenvalue weighted by molar-refractivity contribution is 5.81. The molecular formula is C20H21N7O2. The van der Waals surface area contributed by atoms with Gasteiger partial charge >= 0.3 is 0 Å². The van der Waals surface area contributed by atoms with Crippen molar-refractivity contribution >= 4 is 22.9 Å². The molecule has 1 aromatic carbocycles. The molecule has 3 aromatic heterocycles. The number of fused-ring (bicyclic) bond motifs is 1. The fraction of sp³-hybridized carbons (Fsp3) is 0.250. The third kappa shape index (κ3) is 4.08. The molecule has 0 unspecified atom stereocenters. The van der Waals surface area contributed by atoms with Crippen LogP contribution in [0.2, 0.25) is 0 Å². The number of amides is 1. The normalized spacial score (nSPS) is 11.1. The number of aromatic nitrogens is 5. The van der Waals surface area contributed by atoms with E-state index < -0.39 is 0 Å². The predicted molar refractivity (Wildman–Crippen MR) is 107 cm³/mol. The van der Waals surface area contributed by atoms with E-state index in [1.807, 2.05) is 41.8 Å². The Morgan fingerprint density at radius 2 is 2.03 bits per heavy atom. The van der Waals surface area contributed by atoms with Crippen LogP contribution in [0.25, 0.3) is 22.6 Å². The number of anilines is 1. The number of hydrogen-bond acceptors (Lipinski definition) is 7. The second kappa shape index (κ2) is 8.09. The van der Waals surface area contributed by atoms with Crippen LogP contribution < -0.4 is 11.1 Å². The van der Waals surface area contributed by atoms with Gasteiger partial charge in [0.15, 0.2) is 11.5 Å². The molecule has 0 saturated carbocycles. The zero-order valence-corrected chi connectivity index (χ0v) is 16.0. The molecule has 0 atom stereocenters. The van der Waals surface area contributed by atoms with Crippen molar-refractivity contribution < 1.29 is 9.21 Å². The van der Waals surface area contributed by atoms with Crippen molar-refractivity contribution in [1.29, 1.82) is 0 Å². The molecule has 3 heterocycles. The van der Waals surface area contributed by atoms with Crippen LogP contribution in [-0.4, -0.2) is 30.4 Å². The summed E-state index contributed by atoms with van der Waals surface area (Å²) in [5, 5.41) is 2.89. The van der Waals surface area contributed by atoms with Crippen molar-refractivity contribution in [3.05, 3.63) is 54.4 Å². The zero-order valence-electron chi connectivity index (χ0n) is 16.0. The van der Waals surface area contributed by atoms with Gasteiger partial charge in [-0.25, -0.2) is 19.9 Å². The molecule has 0 aliphatic heterocycles. The van der Waals surface area contributed by atoms with Gasteiger partial charge < -0.3 is 20.0 Å². The van der Waals surface area contributed by atoms with Gasteiger partial charge in [-0.3, -0.25) is 4.79 Å². The fourth-order valence-electron chi connectivity index (χ4n) is 3.04.